The first-order chi connectivity index (χ1) is 23.0. The molecule has 3 aliphatic heterocycles. The SMILES string of the molecule is COC1[C@H](N(C)C(=O)c2ccc(C(F)(F)F)cc2)C[C@H]2O[C@]1(C)n1c3ccccc3c3c4c(c5c6ccccc6n2c5c31)C(=O)NC4=O. The molecule has 4 atom stereocenters. The van der Waals surface area contributed by atoms with Gasteiger partial charge in [0.25, 0.3) is 17.7 Å². The quantitative estimate of drug-likeness (QED) is 0.219. The van der Waals surface area contributed by atoms with Crippen LogP contribution in [0.4, 0.5) is 13.2 Å². The van der Waals surface area contributed by atoms with Gasteiger partial charge >= 0.3 is 6.18 Å². The normalized spacial score (nSPS) is 23.3. The molecule has 0 saturated carbocycles. The van der Waals surface area contributed by atoms with Gasteiger partial charge in [-0.3, -0.25) is 19.7 Å². The van der Waals surface area contributed by atoms with Gasteiger partial charge in [0, 0.05) is 47.7 Å². The third-order valence-electron chi connectivity index (χ3n) is 10.4. The zero-order valence-corrected chi connectivity index (χ0v) is 25.9. The van der Waals surface area contributed by atoms with Gasteiger partial charge in [-0.2, -0.15) is 13.2 Å². The number of alkyl halides is 3. The molecule has 48 heavy (non-hydrogen) atoms. The monoisotopic (exact) mass is 652 g/mol. The maximum absolute atomic E-state index is 14.0. The van der Waals surface area contributed by atoms with Crippen LogP contribution in [0.1, 0.15) is 56.2 Å². The number of fused-ring (bicyclic) bond motifs is 13. The second-order valence-electron chi connectivity index (χ2n) is 12.8. The lowest BCUT2D eigenvalue weighted by Crippen LogP contribution is -2.61. The number of methoxy groups -OCH3 is 1. The maximum Gasteiger partial charge on any atom is 0.416 e. The Morgan fingerprint density at radius 1 is 0.917 bits per heavy atom. The number of nitrogens with zero attached hydrogens (tertiary/aromatic N) is 3. The summed E-state index contributed by atoms with van der Waals surface area (Å²) in [7, 11) is 3.16. The van der Waals surface area contributed by atoms with E-state index in [1.54, 1.807) is 7.05 Å². The lowest BCUT2D eigenvalue weighted by molar-refractivity contribution is -0.264. The van der Waals surface area contributed by atoms with Gasteiger partial charge in [-0.15, -0.1) is 0 Å². The molecule has 0 radical (unpaired) electrons. The highest BCUT2D eigenvalue weighted by Crippen LogP contribution is 2.54. The Hall–Kier alpha value is -5.20. The summed E-state index contributed by atoms with van der Waals surface area (Å²) in [6, 6.07) is 18.8. The average molecular weight is 653 g/mol. The topological polar surface area (TPSA) is 94.8 Å². The van der Waals surface area contributed by atoms with E-state index in [1.807, 2.05) is 60.0 Å². The van der Waals surface area contributed by atoms with E-state index < -0.39 is 53.6 Å². The molecule has 0 aliphatic carbocycles. The highest BCUT2D eigenvalue weighted by Gasteiger charge is 2.55. The number of ether oxygens (including phenoxy) is 2. The molecule has 9 nitrogen and oxygen atoms in total. The molecule has 9 rings (SSSR count). The van der Waals surface area contributed by atoms with Gasteiger partial charge in [-0.1, -0.05) is 36.4 Å². The fourth-order valence-electron chi connectivity index (χ4n) is 8.47. The number of nitrogens with one attached hydrogen (secondary N) is 1. The summed E-state index contributed by atoms with van der Waals surface area (Å²) < 4.78 is 57.3. The number of aromatic nitrogens is 2. The van der Waals surface area contributed by atoms with E-state index in [-0.39, 0.29) is 12.0 Å². The van der Waals surface area contributed by atoms with E-state index in [4.69, 9.17) is 9.47 Å². The number of likely N-dealkylation sites (N-methyl/N-ethyl adjacent to an activating group) is 1. The number of hydrogen-bond donors (Lipinski definition) is 1. The Morgan fingerprint density at radius 3 is 2.12 bits per heavy atom. The van der Waals surface area contributed by atoms with Crippen molar-refractivity contribution in [3.63, 3.8) is 0 Å². The van der Waals surface area contributed by atoms with Gasteiger partial charge in [0.05, 0.1) is 44.8 Å². The van der Waals surface area contributed by atoms with E-state index >= 15 is 0 Å². The van der Waals surface area contributed by atoms with E-state index in [2.05, 4.69) is 9.88 Å². The maximum atomic E-state index is 14.0. The predicted molar refractivity (Wildman–Crippen MR) is 171 cm³/mol. The van der Waals surface area contributed by atoms with Gasteiger partial charge in [-0.05, 0) is 43.3 Å². The number of amides is 3. The molecule has 1 unspecified atom stereocenters. The standard InChI is InChI=1S/C36H27F3N4O5/c1-35-31(47-3)23(41(2)34(46)17-12-14-18(15-13-17)36(37,38)39)16-24(48-35)42-21-10-6-4-8-19(21)25-27-28(33(45)40-32(27)44)26-20-9-5-7-11-22(20)43(35)30(26)29(25)42/h4-15,23-24,31H,16H2,1-3H3,(H,40,44,45)/t23-,24-,31?,35+/m1/s1. The summed E-state index contributed by atoms with van der Waals surface area (Å²) in [6.07, 6.45) is -5.71. The Morgan fingerprint density at radius 2 is 1.50 bits per heavy atom. The molecule has 2 bridgehead atoms. The average Bonchev–Trinajstić information content (AvgIpc) is 3.68. The highest BCUT2D eigenvalue weighted by molar-refractivity contribution is 6.39. The minimum atomic E-state index is -4.53. The molecule has 3 aliphatic rings. The number of para-hydroxylation sites is 2. The molecule has 3 amide bonds. The van der Waals surface area contributed by atoms with Gasteiger partial charge in [-0.25, -0.2) is 0 Å². The summed E-state index contributed by atoms with van der Waals surface area (Å²) in [6.45, 7) is 1.89. The summed E-state index contributed by atoms with van der Waals surface area (Å²) in [5.41, 5.74) is 1.58. The molecular formula is C36H27F3N4O5. The number of imide groups is 1. The van der Waals surface area contributed by atoms with E-state index in [0.29, 0.717) is 27.4 Å². The number of benzene rings is 4. The molecule has 1 saturated heterocycles. The fraction of sp³-hybridized carbons (Fsp3) is 0.250. The molecule has 1 fully saturated rings. The van der Waals surface area contributed by atoms with Crippen molar-refractivity contribution < 1.29 is 37.0 Å². The van der Waals surface area contributed by atoms with E-state index in [0.717, 1.165) is 39.5 Å². The zero-order chi connectivity index (χ0) is 33.4. The first-order valence-electron chi connectivity index (χ1n) is 15.5. The van der Waals surface area contributed by atoms with Gasteiger partial charge in [0.15, 0.2) is 5.72 Å². The van der Waals surface area contributed by atoms with Crippen molar-refractivity contribution >= 4 is 61.3 Å². The largest absolute Gasteiger partial charge is 0.416 e. The Balaban J connectivity index is 1.34. The summed E-state index contributed by atoms with van der Waals surface area (Å²) in [4.78, 5) is 42.6. The summed E-state index contributed by atoms with van der Waals surface area (Å²) >= 11 is 0. The lowest BCUT2D eigenvalue weighted by Gasteiger charge is -2.50. The number of rotatable bonds is 3. The number of carbonyl (C=O) groups is 3. The first-order valence-corrected chi connectivity index (χ1v) is 15.5. The zero-order valence-electron chi connectivity index (χ0n) is 25.9. The first kappa shape index (κ1) is 29.0. The predicted octanol–water partition coefficient (Wildman–Crippen LogP) is 6.57. The molecule has 2 aromatic heterocycles. The van der Waals surface area contributed by atoms with Crippen LogP contribution in [0.5, 0.6) is 0 Å². The molecule has 12 heteroatoms. The second kappa shape index (κ2) is 9.45. The van der Waals surface area contributed by atoms with Crippen LogP contribution < -0.4 is 5.32 Å². The smallest absolute Gasteiger partial charge is 0.374 e. The van der Waals surface area contributed by atoms with Crippen LogP contribution in [0.15, 0.2) is 72.8 Å². The van der Waals surface area contributed by atoms with Crippen molar-refractivity contribution in [2.45, 2.75) is 43.6 Å². The van der Waals surface area contributed by atoms with Crippen molar-refractivity contribution in [1.82, 2.24) is 19.4 Å². The van der Waals surface area contributed by atoms with Gasteiger partial charge < -0.3 is 23.5 Å². The van der Waals surface area contributed by atoms with Crippen molar-refractivity contribution in [2.24, 2.45) is 0 Å². The second-order valence-corrected chi connectivity index (χ2v) is 12.8. The minimum absolute atomic E-state index is 0.104. The third kappa shape index (κ3) is 3.50. The highest BCUT2D eigenvalue weighted by atomic mass is 19.4. The van der Waals surface area contributed by atoms with Crippen molar-refractivity contribution in [1.29, 1.82) is 0 Å². The molecular weight excluding hydrogens is 625 g/mol. The van der Waals surface area contributed by atoms with Crippen LogP contribution in [0.25, 0.3) is 43.6 Å². The molecule has 5 heterocycles. The molecule has 242 valence electrons. The Kier molecular flexibility index (Phi) is 5.71. The van der Waals surface area contributed by atoms with Crippen LogP contribution in [0.3, 0.4) is 0 Å². The Bertz CT molecular complexity index is 2430. The lowest BCUT2D eigenvalue weighted by atomic mass is 9.91. The molecule has 6 aromatic rings. The van der Waals surface area contributed by atoms with E-state index in [9.17, 15) is 27.6 Å². The molecule has 1 N–H and O–H groups in total. The van der Waals surface area contributed by atoms with Gasteiger partial charge in [0.1, 0.15) is 12.3 Å². The summed E-state index contributed by atoms with van der Waals surface area (Å²) in [5.74, 6) is -1.41. The van der Waals surface area contributed by atoms with Crippen LogP contribution in [-0.2, 0) is 21.4 Å². The van der Waals surface area contributed by atoms with Gasteiger partial charge in [0.2, 0.25) is 0 Å². The molecule has 4 aromatic carbocycles. The number of halogens is 3. The number of hydrogen-bond acceptors (Lipinski definition) is 5. The van der Waals surface area contributed by atoms with Crippen LogP contribution in [-0.4, -0.2) is 58.1 Å². The van der Waals surface area contributed by atoms with Crippen LogP contribution in [0, 0.1) is 0 Å². The Labute approximate surface area is 270 Å². The minimum Gasteiger partial charge on any atom is -0.374 e. The fourth-order valence-corrected chi connectivity index (χ4v) is 8.47. The van der Waals surface area contributed by atoms with Crippen LogP contribution >= 0.6 is 0 Å². The summed E-state index contributed by atoms with van der Waals surface area (Å²) in [5, 5.41) is 5.32. The molecule has 0 spiro atoms. The van der Waals surface area contributed by atoms with Crippen molar-refractivity contribution in [3.05, 3.63) is 95.1 Å². The van der Waals surface area contributed by atoms with Crippen molar-refractivity contribution in [3.8, 4) is 0 Å². The van der Waals surface area contributed by atoms with Crippen molar-refractivity contribution in [2.75, 3.05) is 14.2 Å². The third-order valence-corrected chi connectivity index (χ3v) is 10.4. The van der Waals surface area contributed by atoms with E-state index in [1.165, 1.54) is 24.1 Å². The van der Waals surface area contributed by atoms with Crippen LogP contribution in [0.2, 0.25) is 0 Å². The number of carbonyl (C=O) groups excluding carboxylic acids is 3.